The van der Waals surface area contributed by atoms with Gasteiger partial charge in [-0.2, -0.15) is 0 Å². The van der Waals surface area contributed by atoms with E-state index in [1.54, 1.807) is 0 Å². The summed E-state index contributed by atoms with van der Waals surface area (Å²) < 4.78 is 0. The highest BCUT2D eigenvalue weighted by Crippen LogP contribution is 2.17. The molecule has 0 amide bonds. The minimum atomic E-state index is 1.14. The Morgan fingerprint density at radius 3 is 2.31 bits per heavy atom. The molecular weight excluding hydrogens is 158 g/mol. The average Bonchev–Trinajstić information content (AvgIpc) is 2.44. The zero-order chi connectivity index (χ0) is 10.1. The van der Waals surface area contributed by atoms with Gasteiger partial charge in [0.15, 0.2) is 0 Å². The zero-order valence-corrected chi connectivity index (χ0v) is 9.48. The standard InChI is InChI=1S/C10H17N.C2H6/c1-3-9-7-5-6-8-11-10(9)4-2;1-2/h3-4,11H,5-8H2,1-2H3;1-2H3/b9-3-,10-4+;. The van der Waals surface area contributed by atoms with E-state index < -0.39 is 0 Å². The van der Waals surface area contributed by atoms with Crippen LogP contribution in [0.3, 0.4) is 0 Å². The van der Waals surface area contributed by atoms with Gasteiger partial charge in [-0.25, -0.2) is 0 Å². The second-order valence-corrected chi connectivity index (χ2v) is 2.90. The second-order valence-electron chi connectivity index (χ2n) is 2.90. The largest absolute Gasteiger partial charge is 0.385 e. The summed E-state index contributed by atoms with van der Waals surface area (Å²) in [5.74, 6) is 0. The monoisotopic (exact) mass is 181 g/mol. The molecule has 1 nitrogen and oxygen atoms in total. The summed E-state index contributed by atoms with van der Waals surface area (Å²) in [5.41, 5.74) is 2.81. The Morgan fingerprint density at radius 1 is 1.08 bits per heavy atom. The lowest BCUT2D eigenvalue weighted by atomic mass is 10.1. The Bertz CT molecular complexity index is 158. The molecule has 0 aliphatic carbocycles. The first kappa shape index (κ1) is 12.3. The predicted octanol–water partition coefficient (Wildman–Crippen LogP) is 3.64. The van der Waals surface area contributed by atoms with Gasteiger partial charge in [-0.15, -0.1) is 0 Å². The summed E-state index contributed by atoms with van der Waals surface area (Å²) in [7, 11) is 0. The minimum Gasteiger partial charge on any atom is -0.385 e. The van der Waals surface area contributed by atoms with Crippen molar-refractivity contribution in [1.29, 1.82) is 0 Å². The number of allylic oxidation sites excluding steroid dienone is 3. The molecule has 0 unspecified atom stereocenters. The lowest BCUT2D eigenvalue weighted by molar-refractivity contribution is 0.731. The second kappa shape index (κ2) is 7.90. The molecule has 0 saturated carbocycles. The smallest absolute Gasteiger partial charge is 0.0326 e. The fourth-order valence-corrected chi connectivity index (χ4v) is 1.50. The van der Waals surface area contributed by atoms with Crippen LogP contribution in [0.1, 0.15) is 47.0 Å². The van der Waals surface area contributed by atoms with Crippen LogP contribution in [0.5, 0.6) is 0 Å². The fraction of sp³-hybridized carbons (Fsp3) is 0.667. The van der Waals surface area contributed by atoms with Crippen molar-refractivity contribution in [2.45, 2.75) is 47.0 Å². The van der Waals surface area contributed by atoms with Crippen molar-refractivity contribution in [3.8, 4) is 0 Å². The van der Waals surface area contributed by atoms with Crippen molar-refractivity contribution >= 4 is 0 Å². The first-order valence-corrected chi connectivity index (χ1v) is 5.44. The maximum absolute atomic E-state index is 3.43. The summed E-state index contributed by atoms with van der Waals surface area (Å²) in [6.07, 6.45) is 8.25. The van der Waals surface area contributed by atoms with E-state index in [1.807, 2.05) is 13.8 Å². The molecule has 0 atom stereocenters. The summed E-state index contributed by atoms with van der Waals surface area (Å²) >= 11 is 0. The Labute approximate surface area is 82.9 Å². The van der Waals surface area contributed by atoms with Gasteiger partial charge in [0.2, 0.25) is 0 Å². The normalized spacial score (nSPS) is 23.1. The molecule has 1 heteroatoms. The van der Waals surface area contributed by atoms with Gasteiger partial charge >= 0.3 is 0 Å². The Kier molecular flexibility index (Phi) is 7.47. The van der Waals surface area contributed by atoms with Crippen LogP contribution in [0.4, 0.5) is 0 Å². The van der Waals surface area contributed by atoms with Crippen LogP contribution in [0, 0.1) is 0 Å². The summed E-state index contributed by atoms with van der Waals surface area (Å²) in [5, 5.41) is 3.43. The quantitative estimate of drug-likeness (QED) is 0.601. The lowest BCUT2D eigenvalue weighted by Crippen LogP contribution is -2.12. The number of nitrogens with one attached hydrogen (secondary N) is 1. The summed E-state index contributed by atoms with van der Waals surface area (Å²) in [4.78, 5) is 0. The van der Waals surface area contributed by atoms with Gasteiger partial charge in [0.05, 0.1) is 0 Å². The first-order chi connectivity index (χ1) is 6.38. The molecule has 1 rings (SSSR count). The molecule has 0 aromatic carbocycles. The third kappa shape index (κ3) is 4.16. The third-order valence-corrected chi connectivity index (χ3v) is 2.17. The van der Waals surface area contributed by atoms with Crippen LogP contribution in [0.25, 0.3) is 0 Å². The van der Waals surface area contributed by atoms with Crippen molar-refractivity contribution < 1.29 is 0 Å². The molecule has 0 bridgehead atoms. The highest BCUT2D eigenvalue weighted by molar-refractivity contribution is 5.29. The average molecular weight is 181 g/mol. The maximum atomic E-state index is 3.43. The highest BCUT2D eigenvalue weighted by Gasteiger charge is 2.06. The van der Waals surface area contributed by atoms with Gasteiger partial charge in [0.25, 0.3) is 0 Å². The fourth-order valence-electron chi connectivity index (χ4n) is 1.50. The molecule has 0 radical (unpaired) electrons. The van der Waals surface area contributed by atoms with Gasteiger partial charge in [0, 0.05) is 12.2 Å². The van der Waals surface area contributed by atoms with Crippen LogP contribution in [-0.4, -0.2) is 6.54 Å². The molecule has 1 fully saturated rings. The van der Waals surface area contributed by atoms with E-state index in [9.17, 15) is 0 Å². The molecule has 0 aromatic rings. The van der Waals surface area contributed by atoms with E-state index in [2.05, 4.69) is 31.3 Å². The zero-order valence-electron chi connectivity index (χ0n) is 9.48. The minimum absolute atomic E-state index is 1.14. The van der Waals surface area contributed by atoms with Gasteiger partial charge in [-0.3, -0.25) is 0 Å². The summed E-state index contributed by atoms with van der Waals surface area (Å²) in [6.45, 7) is 9.35. The molecule has 1 N–H and O–H groups in total. The summed E-state index contributed by atoms with van der Waals surface area (Å²) in [6, 6.07) is 0. The first-order valence-electron chi connectivity index (χ1n) is 5.44. The highest BCUT2D eigenvalue weighted by atomic mass is 14.9. The predicted molar refractivity (Wildman–Crippen MR) is 60.7 cm³/mol. The van der Waals surface area contributed by atoms with Crippen molar-refractivity contribution in [2.24, 2.45) is 0 Å². The molecule has 13 heavy (non-hydrogen) atoms. The van der Waals surface area contributed by atoms with E-state index in [4.69, 9.17) is 0 Å². The Morgan fingerprint density at radius 2 is 1.77 bits per heavy atom. The van der Waals surface area contributed by atoms with Crippen molar-refractivity contribution in [2.75, 3.05) is 6.54 Å². The van der Waals surface area contributed by atoms with Crippen LogP contribution in [0.15, 0.2) is 23.4 Å². The van der Waals surface area contributed by atoms with Crippen LogP contribution >= 0.6 is 0 Å². The van der Waals surface area contributed by atoms with Crippen LogP contribution in [-0.2, 0) is 0 Å². The van der Waals surface area contributed by atoms with Crippen LogP contribution < -0.4 is 5.32 Å². The maximum Gasteiger partial charge on any atom is 0.0326 e. The Balaban J connectivity index is 0.000000671. The van der Waals surface area contributed by atoms with E-state index in [0.717, 1.165) is 6.54 Å². The molecular formula is C12H23N. The Hall–Kier alpha value is -0.720. The van der Waals surface area contributed by atoms with Gasteiger partial charge < -0.3 is 5.32 Å². The molecule has 1 aliphatic rings. The molecule has 1 aliphatic heterocycles. The van der Waals surface area contributed by atoms with E-state index in [-0.39, 0.29) is 0 Å². The van der Waals surface area contributed by atoms with E-state index in [1.165, 1.54) is 30.5 Å². The van der Waals surface area contributed by atoms with Crippen molar-refractivity contribution in [3.63, 3.8) is 0 Å². The molecule has 76 valence electrons. The molecule has 1 heterocycles. The van der Waals surface area contributed by atoms with E-state index in [0.29, 0.717) is 0 Å². The van der Waals surface area contributed by atoms with Crippen molar-refractivity contribution in [3.05, 3.63) is 23.4 Å². The van der Waals surface area contributed by atoms with E-state index >= 15 is 0 Å². The molecule has 0 aromatic heterocycles. The number of rotatable bonds is 0. The van der Waals surface area contributed by atoms with Gasteiger partial charge in [0.1, 0.15) is 0 Å². The van der Waals surface area contributed by atoms with Crippen molar-refractivity contribution in [1.82, 2.24) is 5.32 Å². The van der Waals surface area contributed by atoms with Gasteiger partial charge in [-0.1, -0.05) is 26.0 Å². The number of hydrogen-bond acceptors (Lipinski definition) is 1. The SMILES string of the molecule is C/C=C1/CCCCN/C1=C/C.CC. The van der Waals surface area contributed by atoms with Crippen LogP contribution in [0.2, 0.25) is 0 Å². The lowest BCUT2D eigenvalue weighted by Gasteiger charge is -2.07. The van der Waals surface area contributed by atoms with Gasteiger partial charge in [-0.05, 0) is 38.7 Å². The molecule has 0 spiro atoms. The molecule has 1 saturated heterocycles. The number of hydrogen-bond donors (Lipinski definition) is 1. The third-order valence-electron chi connectivity index (χ3n) is 2.17. The topological polar surface area (TPSA) is 12.0 Å².